The van der Waals surface area contributed by atoms with Crippen LogP contribution in [-0.2, 0) is 9.53 Å². The van der Waals surface area contributed by atoms with Crippen molar-refractivity contribution in [1.29, 1.82) is 0 Å². The Morgan fingerprint density at radius 1 is 1.59 bits per heavy atom. The third-order valence-corrected chi connectivity index (χ3v) is 3.41. The minimum atomic E-state index is -1.04. The van der Waals surface area contributed by atoms with E-state index in [1.165, 1.54) is 4.90 Å². The Morgan fingerprint density at radius 3 is 2.95 bits per heavy atom. The molecule has 1 unspecified atom stereocenters. The monoisotopic (exact) mass is 309 g/mol. The van der Waals surface area contributed by atoms with Gasteiger partial charge in [0.1, 0.15) is 6.20 Å². The van der Waals surface area contributed by atoms with Crippen LogP contribution in [0.1, 0.15) is 22.5 Å². The Morgan fingerprint density at radius 2 is 2.32 bits per heavy atom. The summed E-state index contributed by atoms with van der Waals surface area (Å²) in [5.74, 6) is -1.51. The number of carboxylic acids is 1. The number of ether oxygens (including phenoxy) is 1. The van der Waals surface area contributed by atoms with Crippen LogP contribution in [0.4, 0.5) is 5.69 Å². The van der Waals surface area contributed by atoms with Gasteiger partial charge in [-0.05, 0) is 6.92 Å². The third-order valence-electron chi connectivity index (χ3n) is 3.41. The lowest BCUT2D eigenvalue weighted by atomic mass is 10.1. The maximum atomic E-state index is 12.6. The molecule has 2 heterocycles. The molecule has 9 nitrogen and oxygen atoms in total. The van der Waals surface area contributed by atoms with Crippen molar-refractivity contribution in [3.05, 3.63) is 33.6 Å². The summed E-state index contributed by atoms with van der Waals surface area (Å²) in [4.78, 5) is 38.9. The van der Waals surface area contributed by atoms with Gasteiger partial charge in [-0.15, -0.1) is 0 Å². The normalized spacial score (nSPS) is 18.0. The molecule has 1 atom stereocenters. The lowest BCUT2D eigenvalue weighted by Crippen LogP contribution is -2.49. The Balaban J connectivity index is 2.30. The van der Waals surface area contributed by atoms with Crippen LogP contribution in [0.2, 0.25) is 0 Å². The predicted molar refractivity (Wildman–Crippen MR) is 73.5 cm³/mol. The molecule has 0 aliphatic carbocycles. The SMILES string of the molecule is Cc1ncc([N+](=O)[O-])cc1C(=O)N1CCOCC1CC(=O)O. The number of aliphatic carboxylic acids is 1. The van der Waals surface area contributed by atoms with Crippen LogP contribution in [0.5, 0.6) is 0 Å². The number of pyridine rings is 1. The summed E-state index contributed by atoms with van der Waals surface area (Å²) in [6.07, 6.45) is 0.841. The lowest BCUT2D eigenvalue weighted by molar-refractivity contribution is -0.385. The van der Waals surface area contributed by atoms with Crippen molar-refractivity contribution in [2.24, 2.45) is 0 Å². The molecular weight excluding hydrogens is 294 g/mol. The van der Waals surface area contributed by atoms with Gasteiger partial charge in [-0.3, -0.25) is 24.7 Å². The molecule has 1 amide bonds. The summed E-state index contributed by atoms with van der Waals surface area (Å²) in [7, 11) is 0. The molecule has 0 saturated carbocycles. The highest BCUT2D eigenvalue weighted by Crippen LogP contribution is 2.20. The highest BCUT2D eigenvalue weighted by atomic mass is 16.6. The van der Waals surface area contributed by atoms with Crippen LogP contribution in [0.25, 0.3) is 0 Å². The van der Waals surface area contributed by atoms with Gasteiger partial charge in [-0.2, -0.15) is 0 Å². The summed E-state index contributed by atoms with van der Waals surface area (Å²) < 4.78 is 5.21. The fraction of sp³-hybridized carbons (Fsp3) is 0.462. The van der Waals surface area contributed by atoms with E-state index in [0.717, 1.165) is 12.3 Å². The summed E-state index contributed by atoms with van der Waals surface area (Å²) in [6, 6.07) is 0.565. The molecule has 2 rings (SSSR count). The van der Waals surface area contributed by atoms with Crippen LogP contribution >= 0.6 is 0 Å². The second-order valence-electron chi connectivity index (χ2n) is 4.91. The predicted octanol–water partition coefficient (Wildman–Crippen LogP) is 0.614. The number of nitro groups is 1. The molecule has 9 heteroatoms. The minimum absolute atomic E-state index is 0.103. The zero-order chi connectivity index (χ0) is 16.3. The van der Waals surface area contributed by atoms with E-state index >= 15 is 0 Å². The van der Waals surface area contributed by atoms with E-state index in [2.05, 4.69) is 4.98 Å². The van der Waals surface area contributed by atoms with Gasteiger partial charge in [0.15, 0.2) is 0 Å². The number of carbonyl (C=O) groups is 2. The molecule has 1 aromatic heterocycles. The smallest absolute Gasteiger partial charge is 0.305 e. The molecule has 1 aliphatic rings. The molecule has 0 bridgehead atoms. The van der Waals surface area contributed by atoms with Crippen molar-refractivity contribution in [2.45, 2.75) is 19.4 Å². The number of carbonyl (C=O) groups excluding carboxylic acids is 1. The highest BCUT2D eigenvalue weighted by Gasteiger charge is 2.31. The number of rotatable bonds is 4. The van der Waals surface area contributed by atoms with E-state index < -0.39 is 22.8 Å². The quantitative estimate of drug-likeness (QED) is 0.638. The first-order valence-electron chi connectivity index (χ1n) is 6.61. The molecule has 1 fully saturated rings. The van der Waals surface area contributed by atoms with Crippen molar-refractivity contribution in [3.8, 4) is 0 Å². The van der Waals surface area contributed by atoms with Gasteiger partial charge in [0, 0.05) is 12.6 Å². The van der Waals surface area contributed by atoms with E-state index in [1.54, 1.807) is 6.92 Å². The van der Waals surface area contributed by atoms with Crippen LogP contribution in [0, 0.1) is 17.0 Å². The first-order valence-corrected chi connectivity index (χ1v) is 6.61. The maximum absolute atomic E-state index is 12.6. The molecular formula is C13H15N3O6. The van der Waals surface area contributed by atoms with Crippen molar-refractivity contribution < 1.29 is 24.4 Å². The summed E-state index contributed by atoms with van der Waals surface area (Å²) >= 11 is 0. The van der Waals surface area contributed by atoms with E-state index in [9.17, 15) is 19.7 Å². The summed E-state index contributed by atoms with van der Waals surface area (Å²) in [5, 5.41) is 19.7. The van der Waals surface area contributed by atoms with E-state index in [0.29, 0.717) is 12.3 Å². The van der Waals surface area contributed by atoms with Gasteiger partial charge in [-0.1, -0.05) is 0 Å². The van der Waals surface area contributed by atoms with Gasteiger partial charge < -0.3 is 14.7 Å². The number of aromatic nitrogens is 1. The molecule has 1 aliphatic heterocycles. The van der Waals surface area contributed by atoms with Gasteiger partial charge in [0.25, 0.3) is 11.6 Å². The topological polar surface area (TPSA) is 123 Å². The Hall–Kier alpha value is -2.55. The van der Waals surface area contributed by atoms with Crippen LogP contribution in [0.3, 0.4) is 0 Å². The largest absolute Gasteiger partial charge is 0.481 e. The van der Waals surface area contributed by atoms with Crippen molar-refractivity contribution >= 4 is 17.6 Å². The lowest BCUT2D eigenvalue weighted by Gasteiger charge is -2.35. The second-order valence-corrected chi connectivity index (χ2v) is 4.91. The number of hydrogen-bond donors (Lipinski definition) is 1. The number of aryl methyl sites for hydroxylation is 1. The number of morpholine rings is 1. The molecule has 1 saturated heterocycles. The standard InChI is InChI=1S/C13H15N3O6/c1-8-11(4-9(6-14-8)16(20)21)13(19)15-2-3-22-7-10(15)5-12(17)18/h4,6,10H,2-3,5,7H2,1H3,(H,17,18). The number of amides is 1. The van der Waals surface area contributed by atoms with Gasteiger partial charge >= 0.3 is 5.97 Å². The fourth-order valence-corrected chi connectivity index (χ4v) is 2.29. The molecule has 1 N–H and O–H groups in total. The second kappa shape index (κ2) is 6.48. The van der Waals surface area contributed by atoms with Gasteiger partial charge in [0.05, 0.1) is 41.9 Å². The van der Waals surface area contributed by atoms with Gasteiger partial charge in [0.2, 0.25) is 0 Å². The van der Waals surface area contributed by atoms with Crippen LogP contribution in [0.15, 0.2) is 12.3 Å². The first kappa shape index (κ1) is 15.8. The third kappa shape index (κ3) is 3.37. The Labute approximate surface area is 125 Å². The fourth-order valence-electron chi connectivity index (χ4n) is 2.29. The van der Waals surface area contributed by atoms with Crippen LogP contribution < -0.4 is 0 Å². The molecule has 0 spiro atoms. The summed E-state index contributed by atoms with van der Waals surface area (Å²) in [6.45, 7) is 2.23. The average molecular weight is 309 g/mol. The molecule has 1 aromatic rings. The number of nitrogens with zero attached hydrogens (tertiary/aromatic N) is 3. The average Bonchev–Trinajstić information content (AvgIpc) is 2.46. The Kier molecular flexibility index (Phi) is 4.66. The van der Waals surface area contributed by atoms with Crippen molar-refractivity contribution in [3.63, 3.8) is 0 Å². The van der Waals surface area contributed by atoms with E-state index in [4.69, 9.17) is 9.84 Å². The number of hydrogen-bond acceptors (Lipinski definition) is 6. The molecule has 22 heavy (non-hydrogen) atoms. The van der Waals surface area contributed by atoms with Gasteiger partial charge in [-0.25, -0.2) is 0 Å². The number of carboxylic acid groups (broad SMARTS) is 1. The highest BCUT2D eigenvalue weighted by molar-refractivity contribution is 5.96. The maximum Gasteiger partial charge on any atom is 0.305 e. The Bertz CT molecular complexity index is 618. The van der Waals surface area contributed by atoms with E-state index in [-0.39, 0.29) is 30.8 Å². The van der Waals surface area contributed by atoms with E-state index in [1.807, 2.05) is 0 Å². The van der Waals surface area contributed by atoms with Crippen LogP contribution in [-0.4, -0.2) is 57.6 Å². The zero-order valence-corrected chi connectivity index (χ0v) is 11.9. The molecule has 118 valence electrons. The molecule has 0 aromatic carbocycles. The van der Waals surface area contributed by atoms with Crippen molar-refractivity contribution in [2.75, 3.05) is 19.8 Å². The minimum Gasteiger partial charge on any atom is -0.481 e. The first-order chi connectivity index (χ1) is 10.4. The van der Waals surface area contributed by atoms with Crippen molar-refractivity contribution in [1.82, 2.24) is 9.88 Å². The molecule has 0 radical (unpaired) electrons. The summed E-state index contributed by atoms with van der Waals surface area (Å²) in [5.41, 5.74) is 0.180. The zero-order valence-electron chi connectivity index (χ0n) is 11.9.